The number of hydrogen-bond acceptors (Lipinski definition) is 10. The lowest BCUT2D eigenvalue weighted by Gasteiger charge is -2.16. The van der Waals surface area contributed by atoms with Crippen molar-refractivity contribution in [1.82, 2.24) is 41.2 Å². The molecule has 0 radical (unpaired) electrons. The molecule has 4 aromatic rings. The van der Waals surface area contributed by atoms with E-state index in [0.717, 1.165) is 25.0 Å². The Morgan fingerprint density at radius 3 is 1.48 bits per heavy atom. The monoisotopic (exact) mass is 726 g/mol. The molecular formula is C34H34Cl2F2N8O4. The molecule has 4 N–H and O–H groups in total. The van der Waals surface area contributed by atoms with Gasteiger partial charge in [0.05, 0.1) is 48.0 Å². The highest BCUT2D eigenvalue weighted by Crippen LogP contribution is 2.43. The summed E-state index contributed by atoms with van der Waals surface area (Å²) in [5.41, 5.74) is 2.09. The van der Waals surface area contributed by atoms with Crippen LogP contribution in [0, 0.1) is 11.6 Å². The fraction of sp³-hybridized carbons (Fsp3) is 0.353. The topological polar surface area (TPSA) is 152 Å². The van der Waals surface area contributed by atoms with Gasteiger partial charge in [0, 0.05) is 73.4 Å². The smallest absolute Gasteiger partial charge is 0.237 e. The van der Waals surface area contributed by atoms with Crippen molar-refractivity contribution in [2.24, 2.45) is 0 Å². The van der Waals surface area contributed by atoms with Gasteiger partial charge in [-0.3, -0.25) is 19.6 Å². The van der Waals surface area contributed by atoms with Crippen molar-refractivity contribution in [1.29, 1.82) is 0 Å². The molecule has 0 aliphatic carbocycles. The normalized spacial score (nSPS) is 17.2. The van der Waals surface area contributed by atoms with Gasteiger partial charge in [0.2, 0.25) is 23.6 Å². The van der Waals surface area contributed by atoms with Crippen LogP contribution in [0.3, 0.4) is 0 Å². The molecule has 2 saturated heterocycles. The van der Waals surface area contributed by atoms with Gasteiger partial charge in [-0.1, -0.05) is 23.2 Å². The number of nitrogens with zero attached hydrogens (tertiary/aromatic N) is 4. The fourth-order valence-corrected chi connectivity index (χ4v) is 6.57. The Bertz CT molecular complexity index is 1800. The van der Waals surface area contributed by atoms with Gasteiger partial charge >= 0.3 is 0 Å². The number of hydrogen-bond donors (Lipinski definition) is 4. The minimum atomic E-state index is -0.665. The van der Waals surface area contributed by atoms with Crippen LogP contribution in [-0.4, -0.2) is 71.1 Å². The van der Waals surface area contributed by atoms with Gasteiger partial charge in [-0.05, 0) is 37.1 Å². The SMILES string of the molecule is COc1nc(-c2cc(F)cc(-c3cc(F)cc(-c4cnc(CNC[C@@H]5CCC(=O)N5)c(OC)n4)c3Cl)c2Cl)cnc1CNC[C@@H]1CCC(=O)N1. The van der Waals surface area contributed by atoms with Crippen LogP contribution in [-0.2, 0) is 22.7 Å². The Kier molecular flexibility index (Phi) is 11.0. The number of benzene rings is 2. The molecule has 0 saturated carbocycles. The molecule has 2 aliphatic heterocycles. The molecule has 12 nitrogen and oxygen atoms in total. The maximum atomic E-state index is 15.2. The second-order valence-corrected chi connectivity index (χ2v) is 12.7. The molecule has 4 heterocycles. The maximum Gasteiger partial charge on any atom is 0.237 e. The number of carbonyl (C=O) groups excluding carboxylic acids is 2. The summed E-state index contributed by atoms with van der Waals surface area (Å²) in [6.07, 6.45) is 5.40. The van der Waals surface area contributed by atoms with Gasteiger partial charge in [-0.25, -0.2) is 18.7 Å². The first-order valence-corrected chi connectivity index (χ1v) is 16.7. The average molecular weight is 728 g/mol. The lowest BCUT2D eigenvalue weighted by Crippen LogP contribution is -2.35. The average Bonchev–Trinajstić information content (AvgIpc) is 3.73. The lowest BCUT2D eigenvalue weighted by atomic mass is 9.98. The zero-order chi connectivity index (χ0) is 35.4. The van der Waals surface area contributed by atoms with E-state index < -0.39 is 11.6 Å². The summed E-state index contributed by atoms with van der Waals surface area (Å²) in [7, 11) is 2.89. The van der Waals surface area contributed by atoms with Crippen molar-refractivity contribution in [2.45, 2.75) is 50.9 Å². The van der Waals surface area contributed by atoms with Gasteiger partial charge < -0.3 is 30.7 Å². The van der Waals surface area contributed by atoms with E-state index in [0.29, 0.717) is 50.4 Å². The zero-order valence-electron chi connectivity index (χ0n) is 27.2. The highest BCUT2D eigenvalue weighted by molar-refractivity contribution is 6.39. The molecule has 262 valence electrons. The van der Waals surface area contributed by atoms with Crippen molar-refractivity contribution < 1.29 is 27.8 Å². The second kappa shape index (κ2) is 15.6. The minimum Gasteiger partial charge on any atom is -0.480 e. The molecule has 2 aromatic heterocycles. The van der Waals surface area contributed by atoms with E-state index in [-0.39, 0.29) is 79.3 Å². The highest BCUT2D eigenvalue weighted by atomic mass is 35.5. The Labute approximate surface area is 296 Å². The first-order valence-electron chi connectivity index (χ1n) is 15.9. The predicted molar refractivity (Wildman–Crippen MR) is 183 cm³/mol. The van der Waals surface area contributed by atoms with Gasteiger partial charge in [-0.15, -0.1) is 0 Å². The van der Waals surface area contributed by atoms with Crippen LogP contribution in [0.4, 0.5) is 8.78 Å². The van der Waals surface area contributed by atoms with Gasteiger partial charge in [0.1, 0.15) is 23.0 Å². The van der Waals surface area contributed by atoms with Crippen molar-refractivity contribution in [3.05, 3.63) is 69.7 Å². The molecule has 2 atom stereocenters. The molecule has 16 heteroatoms. The molecule has 2 aromatic carbocycles. The largest absolute Gasteiger partial charge is 0.480 e. The molecule has 50 heavy (non-hydrogen) atoms. The quantitative estimate of drug-likeness (QED) is 0.154. The van der Waals surface area contributed by atoms with E-state index >= 15 is 8.78 Å². The van der Waals surface area contributed by atoms with E-state index in [4.69, 9.17) is 32.7 Å². The van der Waals surface area contributed by atoms with Crippen LogP contribution in [0.15, 0.2) is 36.7 Å². The van der Waals surface area contributed by atoms with Crippen molar-refractivity contribution in [3.63, 3.8) is 0 Å². The minimum absolute atomic E-state index is 0.0289. The first kappa shape index (κ1) is 35.3. The number of methoxy groups -OCH3 is 2. The van der Waals surface area contributed by atoms with Crippen LogP contribution in [0.2, 0.25) is 10.0 Å². The predicted octanol–water partition coefficient (Wildman–Crippen LogP) is 4.61. The number of rotatable bonds is 13. The highest BCUT2D eigenvalue weighted by Gasteiger charge is 2.24. The second-order valence-electron chi connectivity index (χ2n) is 11.9. The summed E-state index contributed by atoms with van der Waals surface area (Å²) in [5, 5.41) is 12.4. The number of ether oxygens (including phenoxy) is 2. The van der Waals surface area contributed by atoms with Crippen molar-refractivity contribution in [3.8, 4) is 45.4 Å². The third-order valence-corrected chi connectivity index (χ3v) is 9.28. The third kappa shape index (κ3) is 7.94. The van der Waals surface area contributed by atoms with Gasteiger partial charge in [-0.2, -0.15) is 0 Å². The summed E-state index contributed by atoms with van der Waals surface area (Å²) >= 11 is 13.7. The molecule has 2 fully saturated rings. The van der Waals surface area contributed by atoms with E-state index in [9.17, 15) is 9.59 Å². The van der Waals surface area contributed by atoms with Crippen LogP contribution < -0.4 is 30.7 Å². The number of amides is 2. The molecule has 0 bridgehead atoms. The fourth-order valence-electron chi connectivity index (χ4n) is 5.96. The van der Waals surface area contributed by atoms with E-state index in [1.807, 2.05) is 0 Å². The number of carbonyl (C=O) groups is 2. The summed E-state index contributed by atoms with van der Waals surface area (Å²) in [5.74, 6) is -0.865. The standard InChI is InChI=1S/C34H34Cl2F2N8O4/c1-49-33-27(13-39-11-19-3-5-29(47)43-19)41-15-25(45-33)23-9-17(37)7-21(31(23)35)22-8-18(38)10-24(32(22)36)26-16-42-28(34(46-26)50-2)14-40-12-20-4-6-30(48)44-20/h7-10,15-16,19-20,39-40H,3-6,11-14H2,1-2H3,(H,43,47)(H,44,48)/t19-,20-/m0/s1. The third-order valence-electron chi connectivity index (χ3n) is 8.46. The Balaban J connectivity index is 1.25. The van der Waals surface area contributed by atoms with E-state index in [1.54, 1.807) is 0 Å². The zero-order valence-corrected chi connectivity index (χ0v) is 28.7. The van der Waals surface area contributed by atoms with Gasteiger partial charge in [0.15, 0.2) is 0 Å². The maximum absolute atomic E-state index is 15.2. The summed E-state index contributed by atoms with van der Waals surface area (Å²) in [6, 6.07) is 4.80. The molecule has 0 spiro atoms. The van der Waals surface area contributed by atoms with Crippen LogP contribution in [0.25, 0.3) is 33.6 Å². The summed E-state index contributed by atoms with van der Waals surface area (Å²) in [4.78, 5) is 41.0. The van der Waals surface area contributed by atoms with Crippen molar-refractivity contribution >= 4 is 35.0 Å². The molecular weight excluding hydrogens is 693 g/mol. The van der Waals surface area contributed by atoms with Crippen LogP contribution in [0.5, 0.6) is 11.8 Å². The Morgan fingerprint density at radius 2 is 1.12 bits per heavy atom. The Morgan fingerprint density at radius 1 is 0.720 bits per heavy atom. The van der Waals surface area contributed by atoms with Crippen LogP contribution >= 0.6 is 23.2 Å². The van der Waals surface area contributed by atoms with E-state index in [2.05, 4.69) is 41.2 Å². The van der Waals surface area contributed by atoms with Crippen molar-refractivity contribution in [2.75, 3.05) is 27.3 Å². The molecule has 0 unspecified atom stereocenters. The van der Waals surface area contributed by atoms with Crippen LogP contribution in [0.1, 0.15) is 37.1 Å². The number of nitrogens with one attached hydrogen (secondary N) is 4. The molecule has 2 aliphatic rings. The van der Waals surface area contributed by atoms with E-state index in [1.165, 1.54) is 38.7 Å². The first-order chi connectivity index (χ1) is 24.1. The number of halogens is 4. The molecule has 2 amide bonds. The van der Waals surface area contributed by atoms with Gasteiger partial charge in [0.25, 0.3) is 0 Å². The molecule has 6 rings (SSSR count). The summed E-state index contributed by atoms with van der Waals surface area (Å²) in [6.45, 7) is 1.74. The number of aromatic nitrogens is 4. The Hall–Kier alpha value is -4.50. The summed E-state index contributed by atoms with van der Waals surface area (Å²) < 4.78 is 41.4. The lowest BCUT2D eigenvalue weighted by molar-refractivity contribution is -0.120.